The number of rotatable bonds is 7. The summed E-state index contributed by atoms with van der Waals surface area (Å²) in [4.78, 5) is 17.5. The molecule has 4 aromatic rings. The molecule has 0 unspecified atom stereocenters. The van der Waals surface area contributed by atoms with E-state index in [2.05, 4.69) is 21.5 Å². The Hall–Kier alpha value is -4.30. The first-order valence-electron chi connectivity index (χ1n) is 11.6. The number of ether oxygens (including phenoxy) is 3. The van der Waals surface area contributed by atoms with Crippen LogP contribution in [0.5, 0.6) is 11.5 Å². The number of aromatic nitrogens is 3. The van der Waals surface area contributed by atoms with Gasteiger partial charge in [-0.1, -0.05) is 59.6 Å². The Balaban J connectivity index is 1.57. The monoisotopic (exact) mass is 516 g/mol. The van der Waals surface area contributed by atoms with Gasteiger partial charge in [0.2, 0.25) is 5.95 Å². The Morgan fingerprint density at radius 3 is 2.59 bits per heavy atom. The smallest absolute Gasteiger partial charge is 0.338 e. The molecule has 1 aliphatic rings. The Bertz CT molecular complexity index is 1480. The summed E-state index contributed by atoms with van der Waals surface area (Å²) in [6.45, 7) is 2.44. The number of fused-ring (bicyclic) bond motifs is 1. The van der Waals surface area contributed by atoms with Gasteiger partial charge in [-0.05, 0) is 47.9 Å². The second kappa shape index (κ2) is 10.4. The van der Waals surface area contributed by atoms with Crippen molar-refractivity contribution in [1.82, 2.24) is 14.8 Å². The predicted molar refractivity (Wildman–Crippen MR) is 141 cm³/mol. The summed E-state index contributed by atoms with van der Waals surface area (Å²) in [6.07, 6.45) is 1.44. The van der Waals surface area contributed by atoms with E-state index in [0.29, 0.717) is 40.3 Å². The Labute approximate surface area is 219 Å². The third-order valence-electron chi connectivity index (χ3n) is 6.12. The molecule has 0 amide bonds. The van der Waals surface area contributed by atoms with Crippen molar-refractivity contribution in [1.29, 1.82) is 0 Å². The summed E-state index contributed by atoms with van der Waals surface area (Å²) in [7, 11) is 2.93. The standard InChI is InChI=1S/C28H25ClN4O4/c1-17-5-4-6-18(13-17)15-37-22-12-9-20(14-23(22)35-2)26-24(27(34)36-3)25(19-7-10-21(29)11-8-19)32-28-30-16-31-33(26)28/h4-14,16,26H,15H2,1-3H3,(H,30,31,32)/t26-/m0/s1. The highest BCUT2D eigenvalue weighted by Gasteiger charge is 2.36. The number of hydrogen-bond acceptors (Lipinski definition) is 7. The number of anilines is 1. The SMILES string of the molecule is COC(=O)C1=C(c2ccc(Cl)cc2)Nc2ncnn2[C@H]1c1ccc(OCc2cccc(C)c2)c(OC)c1. The van der Waals surface area contributed by atoms with E-state index < -0.39 is 12.0 Å². The average Bonchev–Trinajstić information content (AvgIpc) is 3.39. The van der Waals surface area contributed by atoms with Crippen molar-refractivity contribution < 1.29 is 19.0 Å². The van der Waals surface area contributed by atoms with Crippen LogP contribution < -0.4 is 14.8 Å². The van der Waals surface area contributed by atoms with E-state index in [-0.39, 0.29) is 0 Å². The van der Waals surface area contributed by atoms with Gasteiger partial charge in [0.05, 0.1) is 25.5 Å². The van der Waals surface area contributed by atoms with Gasteiger partial charge in [0.15, 0.2) is 11.5 Å². The Kier molecular flexibility index (Phi) is 6.83. The molecule has 0 radical (unpaired) electrons. The molecule has 1 aromatic heterocycles. The number of aryl methyl sites for hydroxylation is 1. The molecule has 0 fully saturated rings. The molecule has 9 heteroatoms. The van der Waals surface area contributed by atoms with Crippen LogP contribution in [0.4, 0.5) is 5.95 Å². The molecule has 37 heavy (non-hydrogen) atoms. The number of hydrogen-bond donors (Lipinski definition) is 1. The number of carbonyl (C=O) groups excluding carboxylic acids is 1. The highest BCUT2D eigenvalue weighted by Crippen LogP contribution is 2.41. The molecule has 3 aromatic carbocycles. The van der Waals surface area contributed by atoms with Crippen LogP contribution in [0, 0.1) is 6.92 Å². The van der Waals surface area contributed by atoms with Crippen molar-refractivity contribution >= 4 is 29.2 Å². The fourth-order valence-electron chi connectivity index (χ4n) is 4.38. The number of nitrogens with one attached hydrogen (secondary N) is 1. The highest BCUT2D eigenvalue weighted by atomic mass is 35.5. The molecule has 188 valence electrons. The normalized spacial score (nSPS) is 14.5. The largest absolute Gasteiger partial charge is 0.493 e. The van der Waals surface area contributed by atoms with Crippen LogP contribution in [0.2, 0.25) is 5.02 Å². The number of halogens is 1. The molecule has 5 rings (SSSR count). The highest BCUT2D eigenvalue weighted by molar-refractivity contribution is 6.30. The van der Waals surface area contributed by atoms with Gasteiger partial charge in [0, 0.05) is 5.02 Å². The molecule has 8 nitrogen and oxygen atoms in total. The van der Waals surface area contributed by atoms with Crippen molar-refractivity contribution in [2.45, 2.75) is 19.6 Å². The van der Waals surface area contributed by atoms with Crippen molar-refractivity contribution in [2.24, 2.45) is 0 Å². The Morgan fingerprint density at radius 2 is 1.86 bits per heavy atom. The van der Waals surface area contributed by atoms with Gasteiger partial charge in [-0.3, -0.25) is 0 Å². The zero-order valence-corrected chi connectivity index (χ0v) is 21.3. The molecular weight excluding hydrogens is 492 g/mol. The van der Waals surface area contributed by atoms with Crippen LogP contribution in [-0.2, 0) is 16.1 Å². The Morgan fingerprint density at radius 1 is 1.05 bits per heavy atom. The summed E-state index contributed by atoms with van der Waals surface area (Å²) in [5, 5.41) is 8.21. The molecule has 0 aliphatic carbocycles. The lowest BCUT2D eigenvalue weighted by Crippen LogP contribution is -2.29. The topological polar surface area (TPSA) is 87.5 Å². The number of esters is 1. The van der Waals surface area contributed by atoms with E-state index in [0.717, 1.165) is 22.3 Å². The van der Waals surface area contributed by atoms with Crippen molar-refractivity contribution in [3.05, 3.63) is 106 Å². The van der Waals surface area contributed by atoms with Crippen LogP contribution in [-0.4, -0.2) is 35.0 Å². The number of benzene rings is 3. The van der Waals surface area contributed by atoms with Gasteiger partial charge in [-0.2, -0.15) is 10.1 Å². The van der Waals surface area contributed by atoms with E-state index >= 15 is 0 Å². The summed E-state index contributed by atoms with van der Waals surface area (Å²) in [6, 6.07) is 20.3. The van der Waals surface area contributed by atoms with E-state index in [1.165, 1.54) is 13.4 Å². The summed E-state index contributed by atoms with van der Waals surface area (Å²) >= 11 is 6.11. The van der Waals surface area contributed by atoms with E-state index in [1.54, 1.807) is 23.9 Å². The molecule has 0 saturated carbocycles. The zero-order valence-electron chi connectivity index (χ0n) is 20.6. The minimum atomic E-state index is -0.628. The van der Waals surface area contributed by atoms with Gasteiger partial charge in [0.1, 0.15) is 19.0 Å². The molecule has 1 aliphatic heterocycles. The van der Waals surface area contributed by atoms with Gasteiger partial charge < -0.3 is 19.5 Å². The van der Waals surface area contributed by atoms with Gasteiger partial charge in [-0.25, -0.2) is 9.48 Å². The van der Waals surface area contributed by atoms with Gasteiger partial charge in [0.25, 0.3) is 0 Å². The van der Waals surface area contributed by atoms with Crippen molar-refractivity contribution in [3.8, 4) is 11.5 Å². The molecular formula is C28H25ClN4O4. The van der Waals surface area contributed by atoms with Gasteiger partial charge in [-0.15, -0.1) is 0 Å². The lowest BCUT2D eigenvalue weighted by Gasteiger charge is -2.29. The van der Waals surface area contributed by atoms with Crippen LogP contribution in [0.25, 0.3) is 5.70 Å². The fourth-order valence-corrected chi connectivity index (χ4v) is 4.50. The maximum Gasteiger partial charge on any atom is 0.338 e. The van der Waals surface area contributed by atoms with Crippen LogP contribution in [0.15, 0.2) is 78.6 Å². The predicted octanol–water partition coefficient (Wildman–Crippen LogP) is 5.43. The van der Waals surface area contributed by atoms with Gasteiger partial charge >= 0.3 is 5.97 Å². The van der Waals surface area contributed by atoms with E-state index in [1.807, 2.05) is 55.5 Å². The summed E-state index contributed by atoms with van der Waals surface area (Å²) in [5.41, 5.74) is 4.66. The molecule has 0 bridgehead atoms. The molecule has 2 heterocycles. The third-order valence-corrected chi connectivity index (χ3v) is 6.37. The first kappa shape index (κ1) is 24.4. The van der Waals surface area contributed by atoms with Crippen molar-refractivity contribution in [2.75, 3.05) is 19.5 Å². The van der Waals surface area contributed by atoms with E-state index in [4.69, 9.17) is 25.8 Å². The first-order chi connectivity index (χ1) is 18.0. The van der Waals surface area contributed by atoms with Crippen LogP contribution in [0.3, 0.4) is 0 Å². The second-order valence-corrected chi connectivity index (χ2v) is 8.97. The molecule has 0 spiro atoms. The lowest BCUT2D eigenvalue weighted by molar-refractivity contribution is -0.136. The number of methoxy groups -OCH3 is 2. The van der Waals surface area contributed by atoms with Crippen molar-refractivity contribution in [3.63, 3.8) is 0 Å². The summed E-state index contributed by atoms with van der Waals surface area (Å²) in [5.74, 6) is 1.10. The van der Waals surface area contributed by atoms with Crippen LogP contribution in [0.1, 0.15) is 28.3 Å². The minimum Gasteiger partial charge on any atom is -0.493 e. The summed E-state index contributed by atoms with van der Waals surface area (Å²) < 4.78 is 18.6. The molecule has 0 saturated heterocycles. The molecule has 1 atom stereocenters. The number of nitrogens with zero attached hydrogens (tertiary/aromatic N) is 3. The average molecular weight is 517 g/mol. The van der Waals surface area contributed by atoms with E-state index in [9.17, 15) is 4.79 Å². The van der Waals surface area contributed by atoms with Crippen LogP contribution >= 0.6 is 11.6 Å². The minimum absolute atomic E-state index is 0.373. The second-order valence-electron chi connectivity index (χ2n) is 8.53. The zero-order chi connectivity index (χ0) is 25.9. The maximum absolute atomic E-state index is 13.2. The number of carbonyl (C=O) groups is 1. The fraction of sp³-hybridized carbons (Fsp3) is 0.179. The molecule has 1 N–H and O–H groups in total. The third kappa shape index (κ3) is 4.88. The first-order valence-corrected chi connectivity index (χ1v) is 12.0. The lowest BCUT2D eigenvalue weighted by atomic mass is 9.92. The quantitative estimate of drug-likeness (QED) is 0.328. The maximum atomic E-state index is 13.2.